The molecule has 2 bridgehead atoms. The van der Waals surface area contributed by atoms with Crippen molar-refractivity contribution in [2.75, 3.05) is 0 Å². The maximum absolute atomic E-state index is 11.5. The van der Waals surface area contributed by atoms with Crippen LogP contribution in [0.3, 0.4) is 0 Å². The summed E-state index contributed by atoms with van der Waals surface area (Å²) >= 11 is 0. The van der Waals surface area contributed by atoms with Gasteiger partial charge in [-0.1, -0.05) is 11.1 Å². The molecule has 4 atom stereocenters. The summed E-state index contributed by atoms with van der Waals surface area (Å²) in [6.07, 6.45) is 4.14. The van der Waals surface area contributed by atoms with Crippen molar-refractivity contribution in [3.8, 4) is 0 Å². The van der Waals surface area contributed by atoms with Crippen molar-refractivity contribution in [2.24, 2.45) is 11.8 Å². The Balaban J connectivity index is 1.90. The number of allylic oxidation sites excluding steroid dienone is 2. The van der Waals surface area contributed by atoms with Gasteiger partial charge in [0.2, 0.25) is 0 Å². The summed E-state index contributed by atoms with van der Waals surface area (Å²) in [6, 6.07) is 0. The predicted molar refractivity (Wildman–Crippen MR) is 57.5 cm³/mol. The lowest BCUT2D eigenvalue weighted by Gasteiger charge is -2.28. The minimum Gasteiger partial charge on any atom is -0.373 e. The molecule has 2 fully saturated rings. The maximum atomic E-state index is 11.5. The first-order valence-electron chi connectivity index (χ1n) is 5.97. The molecule has 0 saturated carbocycles. The molecule has 2 heteroatoms. The zero-order chi connectivity index (χ0) is 10.6. The Labute approximate surface area is 90.7 Å². The number of carbonyl (C=O) groups excluding carboxylic acids is 1. The van der Waals surface area contributed by atoms with Gasteiger partial charge in [0, 0.05) is 12.8 Å². The van der Waals surface area contributed by atoms with Gasteiger partial charge in [0.15, 0.2) is 0 Å². The fourth-order valence-electron chi connectivity index (χ4n) is 3.53. The third-order valence-electron chi connectivity index (χ3n) is 4.52. The molecule has 15 heavy (non-hydrogen) atoms. The molecule has 0 spiro atoms. The van der Waals surface area contributed by atoms with E-state index in [2.05, 4.69) is 13.8 Å². The molecule has 2 nitrogen and oxygen atoms in total. The van der Waals surface area contributed by atoms with Crippen LogP contribution in [0.5, 0.6) is 0 Å². The molecule has 82 valence electrons. The van der Waals surface area contributed by atoms with Crippen molar-refractivity contribution in [1.29, 1.82) is 0 Å². The van der Waals surface area contributed by atoms with E-state index in [9.17, 15) is 4.79 Å². The number of Topliss-reactive ketones (excluding diaryl/α,β-unsaturated/α-hetero) is 1. The number of ether oxygens (including phenoxy) is 1. The topological polar surface area (TPSA) is 26.3 Å². The highest BCUT2D eigenvalue weighted by Gasteiger charge is 2.49. The lowest BCUT2D eigenvalue weighted by Crippen LogP contribution is -2.26. The Morgan fingerprint density at radius 3 is 1.87 bits per heavy atom. The van der Waals surface area contributed by atoms with Crippen molar-refractivity contribution in [2.45, 2.75) is 51.7 Å². The molecule has 0 aromatic rings. The highest BCUT2D eigenvalue weighted by molar-refractivity contribution is 5.80. The van der Waals surface area contributed by atoms with Crippen LogP contribution in [0.2, 0.25) is 0 Å². The number of rotatable bonds is 0. The summed E-state index contributed by atoms with van der Waals surface area (Å²) in [4.78, 5) is 11.5. The first-order chi connectivity index (χ1) is 7.15. The van der Waals surface area contributed by atoms with Crippen LogP contribution in [-0.2, 0) is 9.53 Å². The monoisotopic (exact) mass is 206 g/mol. The van der Waals surface area contributed by atoms with Crippen LogP contribution in [-0.4, -0.2) is 18.0 Å². The first-order valence-corrected chi connectivity index (χ1v) is 5.97. The molecule has 2 heterocycles. The van der Waals surface area contributed by atoms with E-state index >= 15 is 0 Å². The van der Waals surface area contributed by atoms with Gasteiger partial charge in [0.25, 0.3) is 0 Å². The molecule has 0 aromatic carbocycles. The molecular formula is C13H18O2. The van der Waals surface area contributed by atoms with Crippen molar-refractivity contribution in [3.05, 3.63) is 11.1 Å². The highest BCUT2D eigenvalue weighted by atomic mass is 16.5. The standard InChI is InChI=1S/C13H18O2/c1-7-3-10-11(4-8(7)2)13-6-9(14)5-12(10)15-13/h10-13H,3-6H2,1-2H3/t10-,11+,12+,13-. The second-order valence-electron chi connectivity index (χ2n) is 5.46. The van der Waals surface area contributed by atoms with Crippen LogP contribution < -0.4 is 0 Å². The van der Waals surface area contributed by atoms with Crippen LogP contribution >= 0.6 is 0 Å². The van der Waals surface area contributed by atoms with Gasteiger partial charge in [-0.2, -0.15) is 0 Å². The van der Waals surface area contributed by atoms with Crippen molar-refractivity contribution in [3.63, 3.8) is 0 Å². The van der Waals surface area contributed by atoms with Gasteiger partial charge >= 0.3 is 0 Å². The third kappa shape index (κ3) is 1.38. The van der Waals surface area contributed by atoms with E-state index in [-0.39, 0.29) is 12.2 Å². The zero-order valence-corrected chi connectivity index (χ0v) is 9.45. The number of ketones is 1. The van der Waals surface area contributed by atoms with E-state index in [0.29, 0.717) is 30.5 Å². The molecule has 0 aromatic heterocycles. The summed E-state index contributed by atoms with van der Waals surface area (Å²) in [5.74, 6) is 1.68. The van der Waals surface area contributed by atoms with E-state index in [1.54, 1.807) is 0 Å². The molecule has 2 aliphatic heterocycles. The fourth-order valence-corrected chi connectivity index (χ4v) is 3.53. The van der Waals surface area contributed by atoms with Gasteiger partial charge < -0.3 is 4.74 Å². The van der Waals surface area contributed by atoms with Gasteiger partial charge in [-0.15, -0.1) is 0 Å². The third-order valence-corrected chi connectivity index (χ3v) is 4.52. The van der Waals surface area contributed by atoms with Crippen LogP contribution in [0.4, 0.5) is 0 Å². The second kappa shape index (κ2) is 3.18. The van der Waals surface area contributed by atoms with Crippen molar-refractivity contribution in [1.82, 2.24) is 0 Å². The van der Waals surface area contributed by atoms with E-state index in [0.717, 1.165) is 12.8 Å². The van der Waals surface area contributed by atoms with Gasteiger partial charge in [-0.25, -0.2) is 0 Å². The Morgan fingerprint density at radius 2 is 1.40 bits per heavy atom. The van der Waals surface area contributed by atoms with Crippen molar-refractivity contribution >= 4 is 5.78 Å². The molecule has 3 aliphatic rings. The van der Waals surface area contributed by atoms with E-state index in [1.165, 1.54) is 11.1 Å². The quantitative estimate of drug-likeness (QED) is 0.569. The summed E-state index contributed by atoms with van der Waals surface area (Å²) in [5, 5.41) is 0. The van der Waals surface area contributed by atoms with Gasteiger partial charge in [-0.05, 0) is 38.5 Å². The second-order valence-corrected chi connectivity index (χ2v) is 5.46. The average Bonchev–Trinajstić information content (AvgIpc) is 2.41. The Kier molecular flexibility index (Phi) is 2.03. The Hall–Kier alpha value is -0.630. The molecular weight excluding hydrogens is 188 g/mol. The summed E-state index contributed by atoms with van der Waals surface area (Å²) in [5.41, 5.74) is 3.06. The SMILES string of the molecule is CC1=C(C)C[C@H]2[C@@H](C1)[C@@H]1CC(=O)C[C@H]2O1. The molecule has 0 amide bonds. The summed E-state index contributed by atoms with van der Waals surface area (Å²) in [6.45, 7) is 4.46. The van der Waals surface area contributed by atoms with Gasteiger partial charge in [0.05, 0.1) is 12.2 Å². The number of hydrogen-bond acceptors (Lipinski definition) is 2. The van der Waals surface area contributed by atoms with Gasteiger partial charge in [0.1, 0.15) is 5.78 Å². The molecule has 2 saturated heterocycles. The van der Waals surface area contributed by atoms with Crippen LogP contribution in [0.1, 0.15) is 39.5 Å². The Bertz CT molecular complexity index is 312. The average molecular weight is 206 g/mol. The van der Waals surface area contributed by atoms with Crippen LogP contribution in [0.15, 0.2) is 11.1 Å². The lowest BCUT2D eigenvalue weighted by molar-refractivity contribution is -0.130. The van der Waals surface area contributed by atoms with Crippen LogP contribution in [0, 0.1) is 11.8 Å². The number of carbonyl (C=O) groups is 1. The number of fused-ring (bicyclic) bond motifs is 5. The summed E-state index contributed by atoms with van der Waals surface area (Å²) in [7, 11) is 0. The molecule has 0 radical (unpaired) electrons. The Morgan fingerprint density at radius 1 is 0.933 bits per heavy atom. The molecule has 1 aliphatic carbocycles. The molecule has 3 rings (SSSR count). The van der Waals surface area contributed by atoms with E-state index < -0.39 is 0 Å². The first kappa shape index (κ1) is 9.59. The molecule has 0 unspecified atom stereocenters. The lowest BCUT2D eigenvalue weighted by atomic mass is 9.74. The van der Waals surface area contributed by atoms with E-state index in [1.807, 2.05) is 0 Å². The minimum absolute atomic E-state index is 0.240. The smallest absolute Gasteiger partial charge is 0.138 e. The fraction of sp³-hybridized carbons (Fsp3) is 0.769. The zero-order valence-electron chi connectivity index (χ0n) is 9.45. The van der Waals surface area contributed by atoms with Crippen molar-refractivity contribution < 1.29 is 9.53 Å². The minimum atomic E-state index is 0.240. The number of hydrogen-bond donors (Lipinski definition) is 0. The largest absolute Gasteiger partial charge is 0.373 e. The van der Waals surface area contributed by atoms with Crippen LogP contribution in [0.25, 0.3) is 0 Å². The van der Waals surface area contributed by atoms with E-state index in [4.69, 9.17) is 4.74 Å². The maximum Gasteiger partial charge on any atom is 0.138 e. The molecule has 0 N–H and O–H groups in total. The van der Waals surface area contributed by atoms with Gasteiger partial charge in [-0.3, -0.25) is 4.79 Å². The normalized spacial score (nSPS) is 44.5. The summed E-state index contributed by atoms with van der Waals surface area (Å²) < 4.78 is 5.96. The highest BCUT2D eigenvalue weighted by Crippen LogP contribution is 2.48. The predicted octanol–water partition coefficient (Wildman–Crippen LogP) is 2.48.